The number of rotatable bonds is 8. The maximum atomic E-state index is 12.8. The molecule has 1 aromatic carbocycles. The summed E-state index contributed by atoms with van der Waals surface area (Å²) in [6.07, 6.45) is 0.801. The first-order chi connectivity index (χ1) is 10.7. The molecule has 5 nitrogen and oxygen atoms in total. The summed E-state index contributed by atoms with van der Waals surface area (Å²) in [4.78, 5) is 8.72. The second-order valence-electron chi connectivity index (χ2n) is 4.94. The molecule has 0 saturated carbocycles. The van der Waals surface area contributed by atoms with Crippen LogP contribution >= 0.6 is 0 Å². The van der Waals surface area contributed by atoms with Crippen LogP contribution in [0.3, 0.4) is 0 Å². The van der Waals surface area contributed by atoms with Crippen LogP contribution in [0.15, 0.2) is 30.3 Å². The van der Waals surface area contributed by atoms with Crippen molar-refractivity contribution in [1.82, 2.24) is 9.97 Å². The Bertz CT molecular complexity index is 589. The second kappa shape index (κ2) is 8.29. The molecule has 0 spiro atoms. The molecule has 0 radical (unpaired) electrons. The highest BCUT2D eigenvalue weighted by Gasteiger charge is 2.02. The molecule has 2 N–H and O–H groups in total. The van der Waals surface area contributed by atoms with Crippen molar-refractivity contribution in [3.05, 3.63) is 47.4 Å². The molecule has 0 amide bonds. The number of nitrogens with one attached hydrogen (secondary N) is 2. The van der Waals surface area contributed by atoms with Gasteiger partial charge in [-0.25, -0.2) is 9.37 Å². The first kappa shape index (κ1) is 16.2. The van der Waals surface area contributed by atoms with Crippen LogP contribution in [0.5, 0.6) is 0 Å². The summed E-state index contributed by atoms with van der Waals surface area (Å²) < 4.78 is 17.8. The van der Waals surface area contributed by atoms with Gasteiger partial charge in [0.25, 0.3) is 0 Å². The molecule has 0 aliphatic rings. The third kappa shape index (κ3) is 5.29. The van der Waals surface area contributed by atoms with Crippen LogP contribution in [0.4, 0.5) is 16.2 Å². The van der Waals surface area contributed by atoms with E-state index >= 15 is 0 Å². The number of anilines is 2. The van der Waals surface area contributed by atoms with E-state index in [4.69, 9.17) is 4.74 Å². The summed E-state index contributed by atoms with van der Waals surface area (Å²) in [5.74, 6) is 1.14. The number of hydrogen-bond acceptors (Lipinski definition) is 5. The molecule has 0 bridgehead atoms. The fraction of sp³-hybridized carbons (Fsp3) is 0.375. The van der Waals surface area contributed by atoms with Gasteiger partial charge in [-0.15, -0.1) is 0 Å². The third-order valence-electron chi connectivity index (χ3n) is 3.08. The molecule has 2 rings (SSSR count). The lowest BCUT2D eigenvalue weighted by Crippen LogP contribution is -2.13. The van der Waals surface area contributed by atoms with Gasteiger partial charge in [-0.05, 0) is 31.0 Å². The first-order valence-electron chi connectivity index (χ1n) is 7.24. The van der Waals surface area contributed by atoms with Crippen LogP contribution in [0, 0.1) is 12.7 Å². The molecular formula is C16H21FN4O. The van der Waals surface area contributed by atoms with Gasteiger partial charge in [0.15, 0.2) is 0 Å². The van der Waals surface area contributed by atoms with Gasteiger partial charge in [0, 0.05) is 32.0 Å². The van der Waals surface area contributed by atoms with Gasteiger partial charge >= 0.3 is 0 Å². The number of aromatic nitrogens is 2. The summed E-state index contributed by atoms with van der Waals surface area (Å²) in [5.41, 5.74) is 1.97. The minimum atomic E-state index is -0.213. The highest BCUT2D eigenvalue weighted by molar-refractivity contribution is 5.42. The molecular weight excluding hydrogens is 283 g/mol. The number of nitrogens with zero attached hydrogens (tertiary/aromatic N) is 2. The topological polar surface area (TPSA) is 59.1 Å². The summed E-state index contributed by atoms with van der Waals surface area (Å²) in [6.45, 7) is 3.91. The van der Waals surface area contributed by atoms with Crippen molar-refractivity contribution >= 4 is 11.8 Å². The van der Waals surface area contributed by atoms with Crippen molar-refractivity contribution < 1.29 is 9.13 Å². The maximum absolute atomic E-state index is 12.8. The molecule has 0 unspecified atom stereocenters. The molecule has 6 heteroatoms. The number of hydrogen-bond donors (Lipinski definition) is 2. The molecule has 2 aromatic rings. The standard InChI is InChI=1S/C16H21FN4O/c1-12-11-15(21-16(20-12)19-9-10-22-2)18-8-7-13-3-5-14(17)6-4-13/h3-6,11H,7-10H2,1-2H3,(H2,18,19,20,21). The molecule has 0 aliphatic carbocycles. The van der Waals surface area contributed by atoms with Gasteiger partial charge in [-0.3, -0.25) is 0 Å². The van der Waals surface area contributed by atoms with Crippen LogP contribution in [-0.4, -0.2) is 36.8 Å². The number of aryl methyl sites for hydroxylation is 1. The zero-order valence-electron chi connectivity index (χ0n) is 12.9. The van der Waals surface area contributed by atoms with E-state index in [9.17, 15) is 4.39 Å². The van der Waals surface area contributed by atoms with Gasteiger partial charge in [0.05, 0.1) is 6.61 Å². The Kier molecular flexibility index (Phi) is 6.09. The number of benzene rings is 1. The van der Waals surface area contributed by atoms with Gasteiger partial charge < -0.3 is 15.4 Å². The molecule has 22 heavy (non-hydrogen) atoms. The molecule has 118 valence electrons. The average molecular weight is 304 g/mol. The molecule has 1 heterocycles. The van der Waals surface area contributed by atoms with E-state index in [0.29, 0.717) is 19.1 Å². The quantitative estimate of drug-likeness (QED) is 0.734. The molecule has 0 fully saturated rings. The third-order valence-corrected chi connectivity index (χ3v) is 3.08. The van der Waals surface area contributed by atoms with Crippen LogP contribution in [-0.2, 0) is 11.2 Å². The minimum Gasteiger partial charge on any atom is -0.383 e. The predicted molar refractivity (Wildman–Crippen MR) is 85.7 cm³/mol. The van der Waals surface area contributed by atoms with Crippen LogP contribution < -0.4 is 10.6 Å². The minimum absolute atomic E-state index is 0.213. The molecule has 0 aliphatic heterocycles. The van der Waals surface area contributed by atoms with Crippen LogP contribution in [0.25, 0.3) is 0 Å². The van der Waals surface area contributed by atoms with Crippen molar-refractivity contribution in [1.29, 1.82) is 0 Å². The largest absolute Gasteiger partial charge is 0.383 e. The first-order valence-corrected chi connectivity index (χ1v) is 7.24. The summed E-state index contributed by atoms with van der Waals surface area (Å²) in [6, 6.07) is 8.43. The summed E-state index contributed by atoms with van der Waals surface area (Å²) >= 11 is 0. The van der Waals surface area contributed by atoms with Gasteiger partial charge in [0.1, 0.15) is 11.6 Å². The molecule has 0 saturated heterocycles. The monoisotopic (exact) mass is 304 g/mol. The van der Waals surface area contributed by atoms with Crippen molar-refractivity contribution in [2.24, 2.45) is 0 Å². The Morgan fingerprint density at radius 2 is 1.86 bits per heavy atom. The number of ether oxygens (including phenoxy) is 1. The van der Waals surface area contributed by atoms with E-state index in [2.05, 4.69) is 20.6 Å². The lowest BCUT2D eigenvalue weighted by Gasteiger charge is -2.10. The van der Waals surface area contributed by atoms with Gasteiger partial charge in [-0.2, -0.15) is 4.98 Å². The molecule has 1 aromatic heterocycles. The predicted octanol–water partition coefficient (Wildman–Crippen LogP) is 2.64. The fourth-order valence-corrected chi connectivity index (χ4v) is 1.99. The zero-order valence-corrected chi connectivity index (χ0v) is 12.9. The van der Waals surface area contributed by atoms with Crippen LogP contribution in [0.2, 0.25) is 0 Å². The van der Waals surface area contributed by atoms with Crippen molar-refractivity contribution in [2.75, 3.05) is 37.4 Å². The van der Waals surface area contributed by atoms with E-state index in [1.165, 1.54) is 12.1 Å². The lowest BCUT2D eigenvalue weighted by molar-refractivity contribution is 0.210. The number of halogens is 1. The summed E-state index contributed by atoms with van der Waals surface area (Å²) in [7, 11) is 1.65. The fourth-order valence-electron chi connectivity index (χ4n) is 1.99. The SMILES string of the molecule is COCCNc1nc(C)cc(NCCc2ccc(F)cc2)n1. The zero-order chi connectivity index (χ0) is 15.8. The van der Waals surface area contributed by atoms with E-state index in [1.54, 1.807) is 19.2 Å². The average Bonchev–Trinajstić information content (AvgIpc) is 2.49. The van der Waals surface area contributed by atoms with E-state index < -0.39 is 0 Å². The highest BCUT2D eigenvalue weighted by Crippen LogP contribution is 2.10. The van der Waals surface area contributed by atoms with Crippen molar-refractivity contribution in [3.63, 3.8) is 0 Å². The van der Waals surface area contributed by atoms with Crippen molar-refractivity contribution in [3.8, 4) is 0 Å². The smallest absolute Gasteiger partial charge is 0.224 e. The second-order valence-corrected chi connectivity index (χ2v) is 4.94. The van der Waals surface area contributed by atoms with E-state index in [0.717, 1.165) is 30.0 Å². The summed E-state index contributed by atoms with van der Waals surface area (Å²) in [5, 5.41) is 6.38. The van der Waals surface area contributed by atoms with Gasteiger partial charge in [-0.1, -0.05) is 12.1 Å². The number of methoxy groups -OCH3 is 1. The van der Waals surface area contributed by atoms with E-state index in [1.807, 2.05) is 13.0 Å². The van der Waals surface area contributed by atoms with Crippen molar-refractivity contribution in [2.45, 2.75) is 13.3 Å². The Balaban J connectivity index is 1.87. The van der Waals surface area contributed by atoms with Gasteiger partial charge in [0.2, 0.25) is 5.95 Å². The normalized spacial score (nSPS) is 10.5. The molecule has 0 atom stereocenters. The maximum Gasteiger partial charge on any atom is 0.224 e. The highest BCUT2D eigenvalue weighted by atomic mass is 19.1. The Hall–Kier alpha value is -2.21. The Morgan fingerprint density at radius 1 is 1.09 bits per heavy atom. The van der Waals surface area contributed by atoms with Crippen LogP contribution in [0.1, 0.15) is 11.3 Å². The van der Waals surface area contributed by atoms with E-state index in [-0.39, 0.29) is 5.82 Å². The lowest BCUT2D eigenvalue weighted by atomic mass is 10.1. The Morgan fingerprint density at radius 3 is 2.59 bits per heavy atom. The Labute approximate surface area is 129 Å².